The van der Waals surface area contributed by atoms with E-state index in [1.54, 1.807) is 7.05 Å². The summed E-state index contributed by atoms with van der Waals surface area (Å²) in [6.45, 7) is 7.69. The molecule has 2 N–H and O–H groups in total. The molecule has 172 valence electrons. The first-order valence-electron chi connectivity index (χ1n) is 12.4. The van der Waals surface area contributed by atoms with Crippen molar-refractivity contribution in [3.8, 4) is 0 Å². The number of nitrogens with two attached hydrogens (primary N) is 1. The fourth-order valence-electron chi connectivity index (χ4n) is 5.26. The number of amides is 2. The maximum Gasteiger partial charge on any atom is 0.257 e. The molecule has 0 bridgehead atoms. The monoisotopic (exact) mass is 420 g/mol. The molecule has 3 aliphatic rings. The number of rotatable bonds is 8. The van der Waals surface area contributed by atoms with Crippen molar-refractivity contribution in [3.63, 3.8) is 0 Å². The summed E-state index contributed by atoms with van der Waals surface area (Å²) in [6, 6.07) is 0. The lowest BCUT2D eigenvalue weighted by Crippen LogP contribution is -2.44. The fraction of sp³-hybridized carbons (Fsp3) is 0.875. The first kappa shape index (κ1) is 24.7. The van der Waals surface area contributed by atoms with Crippen LogP contribution in [0.2, 0.25) is 0 Å². The largest absolute Gasteiger partial charge is 0.369 e. The van der Waals surface area contributed by atoms with Gasteiger partial charge in [0.15, 0.2) is 5.96 Å². The Morgan fingerprint density at radius 2 is 1.87 bits per heavy atom. The molecule has 2 heterocycles. The molecule has 0 spiro atoms. The number of unbranched alkanes of at least 4 members (excludes halogenated alkanes) is 1. The van der Waals surface area contributed by atoms with E-state index in [9.17, 15) is 9.59 Å². The zero-order valence-electron chi connectivity index (χ0n) is 19.8. The van der Waals surface area contributed by atoms with E-state index < -0.39 is 5.54 Å². The maximum absolute atomic E-state index is 13.1. The lowest BCUT2D eigenvalue weighted by molar-refractivity contribution is -0.131. The van der Waals surface area contributed by atoms with E-state index in [1.807, 2.05) is 18.7 Å². The Morgan fingerprint density at radius 1 is 1.17 bits per heavy atom. The molecule has 2 fully saturated rings. The quantitative estimate of drug-likeness (QED) is 0.635. The molecule has 0 radical (unpaired) electrons. The Hall–Kier alpha value is -1.59. The van der Waals surface area contributed by atoms with Crippen molar-refractivity contribution in [1.82, 2.24) is 9.80 Å². The van der Waals surface area contributed by atoms with Gasteiger partial charge in [-0.3, -0.25) is 14.5 Å². The molecule has 2 unspecified atom stereocenters. The van der Waals surface area contributed by atoms with Crippen LogP contribution >= 0.6 is 0 Å². The normalized spacial score (nSPS) is 27.1. The third-order valence-corrected chi connectivity index (χ3v) is 7.07. The number of likely N-dealkylation sites (tertiary alicyclic amines) is 1. The molecule has 3 rings (SSSR count). The van der Waals surface area contributed by atoms with Crippen LogP contribution in [0.1, 0.15) is 97.8 Å². The Bertz CT molecular complexity index is 600. The van der Waals surface area contributed by atoms with Crippen molar-refractivity contribution in [2.24, 2.45) is 22.6 Å². The molecule has 6 heteroatoms. The molecular formula is C24H44N4O2. The fourth-order valence-corrected chi connectivity index (χ4v) is 5.26. The first-order valence-corrected chi connectivity index (χ1v) is 12.4. The van der Waals surface area contributed by atoms with Crippen molar-refractivity contribution >= 4 is 17.8 Å². The van der Waals surface area contributed by atoms with Crippen LogP contribution in [-0.4, -0.2) is 53.2 Å². The number of carbonyl (C=O) groups excluding carboxylic acids is 2. The number of guanidine groups is 1. The highest BCUT2D eigenvalue weighted by molar-refractivity contribution is 6.06. The van der Waals surface area contributed by atoms with Gasteiger partial charge in [0.2, 0.25) is 5.91 Å². The highest BCUT2D eigenvalue weighted by atomic mass is 16.2. The van der Waals surface area contributed by atoms with Gasteiger partial charge in [-0.1, -0.05) is 59.3 Å². The lowest BCUT2D eigenvalue weighted by Gasteiger charge is -2.30. The van der Waals surface area contributed by atoms with Crippen LogP contribution in [0.15, 0.2) is 4.99 Å². The topological polar surface area (TPSA) is 79.0 Å². The van der Waals surface area contributed by atoms with Crippen LogP contribution < -0.4 is 5.73 Å². The highest BCUT2D eigenvalue weighted by Crippen LogP contribution is 2.39. The number of hydrogen-bond donors (Lipinski definition) is 1. The van der Waals surface area contributed by atoms with E-state index in [2.05, 4.69) is 6.92 Å². The molecule has 2 aliphatic heterocycles. The van der Waals surface area contributed by atoms with Gasteiger partial charge in [0.1, 0.15) is 5.54 Å². The second kappa shape index (κ2) is 11.7. The van der Waals surface area contributed by atoms with E-state index in [4.69, 9.17) is 10.7 Å². The standard InChI is InChI=1S/C22H38N4O2.C2H6/c1-3-4-10-19(27)26-14-12-18(16-26)15-22(20(28)25(2)21(23)24-22)13-11-17-8-6-5-7-9-17;1-2/h17-18H,3-16H2,1-2H3,(H2,23,24);1-2H3. The highest BCUT2D eigenvalue weighted by Gasteiger charge is 2.48. The van der Waals surface area contributed by atoms with Crippen molar-refractivity contribution in [2.45, 2.75) is 103 Å². The third kappa shape index (κ3) is 5.98. The lowest BCUT2D eigenvalue weighted by atomic mass is 9.78. The van der Waals surface area contributed by atoms with Gasteiger partial charge >= 0.3 is 0 Å². The van der Waals surface area contributed by atoms with Gasteiger partial charge in [-0.15, -0.1) is 0 Å². The summed E-state index contributed by atoms with van der Waals surface area (Å²) in [5.74, 6) is 1.72. The molecule has 1 saturated carbocycles. The summed E-state index contributed by atoms with van der Waals surface area (Å²) in [4.78, 5) is 33.7. The van der Waals surface area contributed by atoms with Gasteiger partial charge in [-0.25, -0.2) is 4.99 Å². The van der Waals surface area contributed by atoms with Crippen LogP contribution in [0.25, 0.3) is 0 Å². The molecule has 0 aromatic carbocycles. The van der Waals surface area contributed by atoms with Gasteiger partial charge in [0, 0.05) is 26.6 Å². The predicted molar refractivity (Wildman–Crippen MR) is 123 cm³/mol. The molecule has 2 amide bonds. The number of carbonyl (C=O) groups is 2. The van der Waals surface area contributed by atoms with Crippen molar-refractivity contribution in [2.75, 3.05) is 20.1 Å². The van der Waals surface area contributed by atoms with Crippen LogP contribution in [0.4, 0.5) is 0 Å². The minimum absolute atomic E-state index is 0.0524. The van der Waals surface area contributed by atoms with E-state index in [0.29, 0.717) is 18.3 Å². The second-order valence-electron chi connectivity index (χ2n) is 9.21. The van der Waals surface area contributed by atoms with E-state index in [0.717, 1.165) is 57.5 Å². The summed E-state index contributed by atoms with van der Waals surface area (Å²) in [6.07, 6.45) is 12.7. The van der Waals surface area contributed by atoms with Crippen LogP contribution in [-0.2, 0) is 9.59 Å². The van der Waals surface area contributed by atoms with Crippen molar-refractivity contribution < 1.29 is 9.59 Å². The van der Waals surface area contributed by atoms with Gasteiger partial charge in [-0.05, 0) is 43.9 Å². The molecule has 2 atom stereocenters. The van der Waals surface area contributed by atoms with Crippen molar-refractivity contribution in [1.29, 1.82) is 0 Å². The molecule has 1 saturated heterocycles. The minimum Gasteiger partial charge on any atom is -0.369 e. The van der Waals surface area contributed by atoms with Crippen LogP contribution in [0, 0.1) is 11.8 Å². The average Bonchev–Trinajstić information content (AvgIpc) is 3.32. The first-order chi connectivity index (χ1) is 14.4. The molecule has 1 aliphatic carbocycles. The van der Waals surface area contributed by atoms with Crippen molar-refractivity contribution in [3.05, 3.63) is 0 Å². The smallest absolute Gasteiger partial charge is 0.257 e. The van der Waals surface area contributed by atoms with Gasteiger partial charge in [-0.2, -0.15) is 0 Å². The molecular weight excluding hydrogens is 376 g/mol. The molecule has 6 nitrogen and oxygen atoms in total. The summed E-state index contributed by atoms with van der Waals surface area (Å²) < 4.78 is 0. The summed E-state index contributed by atoms with van der Waals surface area (Å²) >= 11 is 0. The molecule has 30 heavy (non-hydrogen) atoms. The summed E-state index contributed by atoms with van der Waals surface area (Å²) in [5.41, 5.74) is 5.34. The summed E-state index contributed by atoms with van der Waals surface area (Å²) in [7, 11) is 1.73. The van der Waals surface area contributed by atoms with Gasteiger partial charge < -0.3 is 10.6 Å². The molecule has 0 aromatic heterocycles. The Morgan fingerprint density at radius 3 is 2.47 bits per heavy atom. The number of aliphatic imine (C=N–C) groups is 1. The van der Waals surface area contributed by atoms with Gasteiger partial charge in [0.25, 0.3) is 5.91 Å². The average molecular weight is 421 g/mol. The number of likely N-dealkylation sites (N-methyl/N-ethyl adjacent to an activating group) is 1. The number of nitrogens with zero attached hydrogens (tertiary/aromatic N) is 3. The zero-order chi connectivity index (χ0) is 22.1. The van der Waals surface area contributed by atoms with E-state index in [1.165, 1.54) is 37.0 Å². The zero-order valence-corrected chi connectivity index (χ0v) is 19.8. The third-order valence-electron chi connectivity index (χ3n) is 7.07. The van der Waals surface area contributed by atoms with E-state index in [-0.39, 0.29) is 11.8 Å². The van der Waals surface area contributed by atoms with E-state index >= 15 is 0 Å². The Labute approximate surface area is 183 Å². The maximum atomic E-state index is 13.1. The predicted octanol–water partition coefficient (Wildman–Crippen LogP) is 4.33. The molecule has 0 aromatic rings. The Balaban J connectivity index is 0.00000155. The van der Waals surface area contributed by atoms with Crippen LogP contribution in [0.3, 0.4) is 0 Å². The SMILES string of the molecule is CC.CCCCC(=O)N1CCC(CC2(CCC3CCCCC3)N=C(N)N(C)C2=O)C1. The van der Waals surface area contributed by atoms with Gasteiger partial charge in [0.05, 0.1) is 0 Å². The Kier molecular flexibility index (Phi) is 9.63. The number of hydrogen-bond acceptors (Lipinski definition) is 4. The second-order valence-corrected chi connectivity index (χ2v) is 9.21. The summed E-state index contributed by atoms with van der Waals surface area (Å²) in [5, 5.41) is 0. The van der Waals surface area contributed by atoms with Crippen LogP contribution in [0.5, 0.6) is 0 Å². The minimum atomic E-state index is -0.705.